The molecule has 1 aromatic heterocycles. The fourth-order valence-electron chi connectivity index (χ4n) is 3.56. The minimum atomic E-state index is 0. The lowest BCUT2D eigenvalue weighted by molar-refractivity contribution is -0.121. The number of benzene rings is 1. The number of carbonyl (C=O) groups excluding carboxylic acids is 1. The van der Waals surface area contributed by atoms with Crippen molar-refractivity contribution in [3.63, 3.8) is 0 Å². The van der Waals surface area contributed by atoms with Gasteiger partial charge in [0.1, 0.15) is 5.82 Å². The third-order valence-corrected chi connectivity index (χ3v) is 5.31. The van der Waals surface area contributed by atoms with E-state index in [-0.39, 0.29) is 36.6 Å². The van der Waals surface area contributed by atoms with Gasteiger partial charge in [-0.2, -0.15) is 0 Å². The molecule has 0 aliphatic carbocycles. The average molecular weight is 385 g/mol. The summed E-state index contributed by atoms with van der Waals surface area (Å²) in [6.07, 6.45) is 4.79. The maximum atomic E-state index is 12.4. The van der Waals surface area contributed by atoms with E-state index in [2.05, 4.69) is 21.3 Å². The van der Waals surface area contributed by atoms with Gasteiger partial charge in [-0.3, -0.25) is 4.79 Å². The molecule has 25 heavy (non-hydrogen) atoms. The SMILES string of the molecule is CC(C(=O)Nc1ccc2c(c1)nc1n2CCCCC1)C1CNC1.Cl.Cl. The van der Waals surface area contributed by atoms with Crippen molar-refractivity contribution in [1.82, 2.24) is 14.9 Å². The van der Waals surface area contributed by atoms with Gasteiger partial charge >= 0.3 is 0 Å². The van der Waals surface area contributed by atoms with E-state index in [1.807, 2.05) is 19.1 Å². The summed E-state index contributed by atoms with van der Waals surface area (Å²) < 4.78 is 2.34. The van der Waals surface area contributed by atoms with E-state index < -0.39 is 0 Å². The third kappa shape index (κ3) is 3.94. The van der Waals surface area contributed by atoms with Gasteiger partial charge in [0.2, 0.25) is 5.91 Å². The molecule has 1 fully saturated rings. The molecular formula is C18H26Cl2N4O. The highest BCUT2D eigenvalue weighted by Gasteiger charge is 2.28. The van der Waals surface area contributed by atoms with Gasteiger partial charge in [0, 0.05) is 24.6 Å². The molecular weight excluding hydrogens is 359 g/mol. The molecule has 2 aliphatic rings. The quantitative estimate of drug-likeness (QED) is 0.852. The number of aromatic nitrogens is 2. The van der Waals surface area contributed by atoms with Crippen LogP contribution in [-0.4, -0.2) is 28.5 Å². The van der Waals surface area contributed by atoms with Crippen molar-refractivity contribution in [2.45, 2.75) is 39.2 Å². The van der Waals surface area contributed by atoms with Crippen LogP contribution in [0.5, 0.6) is 0 Å². The number of nitrogens with one attached hydrogen (secondary N) is 2. The minimum Gasteiger partial charge on any atom is -0.328 e. The second-order valence-corrected chi connectivity index (χ2v) is 6.89. The van der Waals surface area contributed by atoms with Crippen molar-refractivity contribution in [2.75, 3.05) is 18.4 Å². The largest absolute Gasteiger partial charge is 0.328 e. The van der Waals surface area contributed by atoms with Crippen molar-refractivity contribution in [2.24, 2.45) is 11.8 Å². The van der Waals surface area contributed by atoms with Crippen LogP contribution < -0.4 is 10.6 Å². The molecule has 1 saturated heterocycles. The van der Waals surface area contributed by atoms with Crippen LogP contribution in [0.4, 0.5) is 5.69 Å². The smallest absolute Gasteiger partial charge is 0.227 e. The predicted molar refractivity (Wildman–Crippen MR) is 106 cm³/mol. The first kappa shape index (κ1) is 20.0. The first-order valence-corrected chi connectivity index (χ1v) is 8.73. The van der Waals surface area contributed by atoms with Crippen LogP contribution in [0.1, 0.15) is 32.0 Å². The Hall–Kier alpha value is -1.30. The van der Waals surface area contributed by atoms with E-state index in [0.29, 0.717) is 5.92 Å². The number of anilines is 1. The van der Waals surface area contributed by atoms with Gasteiger partial charge < -0.3 is 15.2 Å². The van der Waals surface area contributed by atoms with Crippen molar-refractivity contribution in [3.05, 3.63) is 24.0 Å². The molecule has 2 N–H and O–H groups in total. The molecule has 4 rings (SSSR count). The van der Waals surface area contributed by atoms with E-state index >= 15 is 0 Å². The van der Waals surface area contributed by atoms with Crippen molar-refractivity contribution < 1.29 is 4.79 Å². The lowest BCUT2D eigenvalue weighted by Gasteiger charge is -2.31. The summed E-state index contributed by atoms with van der Waals surface area (Å²) in [5, 5.41) is 6.28. The first-order chi connectivity index (χ1) is 11.2. The number of imidazole rings is 1. The molecule has 0 bridgehead atoms. The molecule has 1 atom stereocenters. The zero-order chi connectivity index (χ0) is 15.8. The van der Waals surface area contributed by atoms with Crippen molar-refractivity contribution >= 4 is 47.4 Å². The zero-order valence-electron chi connectivity index (χ0n) is 14.5. The summed E-state index contributed by atoms with van der Waals surface area (Å²) in [6.45, 7) is 4.96. The minimum absolute atomic E-state index is 0. The number of hydrogen-bond donors (Lipinski definition) is 2. The molecule has 2 aromatic rings. The topological polar surface area (TPSA) is 59.0 Å². The second-order valence-electron chi connectivity index (χ2n) is 6.89. The number of halogens is 2. The van der Waals surface area contributed by atoms with Gasteiger partial charge in [0.15, 0.2) is 0 Å². The number of nitrogens with zero attached hydrogens (tertiary/aromatic N) is 2. The predicted octanol–water partition coefficient (Wildman–Crippen LogP) is 3.40. The Balaban J connectivity index is 0.00000113. The highest BCUT2D eigenvalue weighted by atomic mass is 35.5. The third-order valence-electron chi connectivity index (χ3n) is 5.31. The number of carbonyl (C=O) groups is 1. The van der Waals surface area contributed by atoms with Crippen LogP contribution in [0.25, 0.3) is 11.0 Å². The monoisotopic (exact) mass is 384 g/mol. The van der Waals surface area contributed by atoms with E-state index in [1.54, 1.807) is 0 Å². The van der Waals surface area contributed by atoms with Crippen molar-refractivity contribution in [3.8, 4) is 0 Å². The number of rotatable bonds is 3. The van der Waals surface area contributed by atoms with E-state index in [9.17, 15) is 4.79 Å². The number of aryl methyl sites for hydroxylation is 2. The average Bonchev–Trinajstić information content (AvgIpc) is 2.66. The first-order valence-electron chi connectivity index (χ1n) is 8.73. The van der Waals surface area contributed by atoms with Crippen LogP contribution in [0.3, 0.4) is 0 Å². The Morgan fingerprint density at radius 1 is 1.28 bits per heavy atom. The molecule has 1 aromatic carbocycles. The van der Waals surface area contributed by atoms with E-state index in [4.69, 9.17) is 4.98 Å². The van der Waals surface area contributed by atoms with Crippen LogP contribution in [0, 0.1) is 11.8 Å². The van der Waals surface area contributed by atoms with Gasteiger partial charge in [-0.05, 0) is 50.0 Å². The highest BCUT2D eigenvalue weighted by Crippen LogP contribution is 2.25. The van der Waals surface area contributed by atoms with Gasteiger partial charge in [-0.25, -0.2) is 4.98 Å². The molecule has 0 spiro atoms. The standard InChI is InChI=1S/C18H24N4O.2ClH/c1-12(13-10-19-11-13)18(23)20-14-6-7-16-15(9-14)21-17-5-3-2-4-8-22(16)17;;/h6-7,9,12-13,19H,2-5,8,10-11H2,1H3,(H,20,23);2*1H. The Labute approximate surface area is 160 Å². The van der Waals surface area contributed by atoms with Crippen LogP contribution in [-0.2, 0) is 17.8 Å². The maximum Gasteiger partial charge on any atom is 0.227 e. The zero-order valence-corrected chi connectivity index (χ0v) is 16.1. The second kappa shape index (κ2) is 8.39. The fourth-order valence-corrected chi connectivity index (χ4v) is 3.56. The van der Waals surface area contributed by atoms with Crippen LogP contribution in [0.2, 0.25) is 0 Å². The van der Waals surface area contributed by atoms with Crippen LogP contribution in [0.15, 0.2) is 18.2 Å². The highest BCUT2D eigenvalue weighted by molar-refractivity contribution is 5.94. The number of fused-ring (bicyclic) bond motifs is 3. The summed E-state index contributed by atoms with van der Waals surface area (Å²) in [5.41, 5.74) is 3.05. The Bertz CT molecular complexity index is 742. The molecule has 0 radical (unpaired) electrons. The van der Waals surface area contributed by atoms with Gasteiger partial charge in [-0.1, -0.05) is 13.3 Å². The summed E-state index contributed by atoms with van der Waals surface area (Å²) in [5.74, 6) is 1.81. The lowest BCUT2D eigenvalue weighted by Crippen LogP contribution is -2.48. The van der Waals surface area contributed by atoms with Crippen LogP contribution >= 0.6 is 24.8 Å². The van der Waals surface area contributed by atoms with Crippen molar-refractivity contribution in [1.29, 1.82) is 0 Å². The molecule has 0 saturated carbocycles. The van der Waals surface area contributed by atoms with E-state index in [1.165, 1.54) is 30.6 Å². The maximum absolute atomic E-state index is 12.4. The molecule has 7 heteroatoms. The molecule has 2 aliphatic heterocycles. The Morgan fingerprint density at radius 3 is 2.80 bits per heavy atom. The molecule has 5 nitrogen and oxygen atoms in total. The van der Waals surface area contributed by atoms with Gasteiger partial charge in [0.25, 0.3) is 0 Å². The Morgan fingerprint density at radius 2 is 2.08 bits per heavy atom. The lowest BCUT2D eigenvalue weighted by atomic mass is 9.88. The Kier molecular flexibility index (Phi) is 6.72. The normalized spacial score (nSPS) is 18.1. The fraction of sp³-hybridized carbons (Fsp3) is 0.556. The summed E-state index contributed by atoms with van der Waals surface area (Å²) in [6, 6.07) is 6.12. The summed E-state index contributed by atoms with van der Waals surface area (Å²) >= 11 is 0. The summed E-state index contributed by atoms with van der Waals surface area (Å²) in [7, 11) is 0. The summed E-state index contributed by atoms with van der Waals surface area (Å²) in [4.78, 5) is 17.1. The van der Waals surface area contributed by atoms with E-state index in [0.717, 1.165) is 37.3 Å². The number of amides is 1. The molecule has 138 valence electrons. The molecule has 1 unspecified atom stereocenters. The molecule has 3 heterocycles. The van der Waals surface area contributed by atoms with Gasteiger partial charge in [0.05, 0.1) is 11.0 Å². The number of hydrogen-bond acceptors (Lipinski definition) is 3. The molecule has 1 amide bonds. The van der Waals surface area contributed by atoms with Gasteiger partial charge in [-0.15, -0.1) is 24.8 Å².